The Morgan fingerprint density at radius 3 is 2.72 bits per heavy atom. The van der Waals surface area contributed by atoms with Crippen molar-refractivity contribution in [3.05, 3.63) is 36.3 Å². The number of rotatable bonds is 4. The number of ether oxygens (including phenoxy) is 1. The Bertz CT molecular complexity index is 519. The molecule has 2 heterocycles. The lowest BCUT2D eigenvalue weighted by molar-refractivity contribution is 0.449. The first kappa shape index (κ1) is 12.6. The van der Waals surface area contributed by atoms with Crippen molar-refractivity contribution < 1.29 is 4.74 Å². The van der Waals surface area contributed by atoms with Crippen LogP contribution in [0.5, 0.6) is 11.6 Å². The van der Waals surface area contributed by atoms with Crippen LogP contribution in [0, 0.1) is 0 Å². The lowest BCUT2D eigenvalue weighted by Gasteiger charge is -2.10. The SMILES string of the molecule is CC(C)n1cc(Oc2ncccc2[C@@H](C)N)cn1. The first-order valence-corrected chi connectivity index (χ1v) is 6.00. The van der Waals surface area contributed by atoms with Gasteiger partial charge in [0, 0.05) is 23.8 Å². The maximum absolute atomic E-state index is 5.88. The highest BCUT2D eigenvalue weighted by atomic mass is 16.5. The van der Waals surface area contributed by atoms with Gasteiger partial charge in [-0.3, -0.25) is 4.68 Å². The van der Waals surface area contributed by atoms with Gasteiger partial charge in [0.2, 0.25) is 5.88 Å². The third-order valence-corrected chi connectivity index (χ3v) is 2.61. The van der Waals surface area contributed by atoms with Gasteiger partial charge in [0.1, 0.15) is 0 Å². The zero-order chi connectivity index (χ0) is 13.1. The van der Waals surface area contributed by atoms with Crippen molar-refractivity contribution in [2.45, 2.75) is 32.9 Å². The van der Waals surface area contributed by atoms with Crippen LogP contribution in [0.2, 0.25) is 0 Å². The monoisotopic (exact) mass is 246 g/mol. The lowest BCUT2D eigenvalue weighted by Crippen LogP contribution is -2.07. The topological polar surface area (TPSA) is 66.0 Å². The predicted molar refractivity (Wildman–Crippen MR) is 69.5 cm³/mol. The number of aromatic nitrogens is 3. The second kappa shape index (κ2) is 5.18. The third kappa shape index (κ3) is 2.68. The van der Waals surface area contributed by atoms with Gasteiger partial charge in [-0.2, -0.15) is 5.10 Å². The Hall–Kier alpha value is -1.88. The minimum absolute atomic E-state index is 0.117. The Morgan fingerprint density at radius 1 is 1.33 bits per heavy atom. The summed E-state index contributed by atoms with van der Waals surface area (Å²) < 4.78 is 7.56. The van der Waals surface area contributed by atoms with Gasteiger partial charge >= 0.3 is 0 Å². The van der Waals surface area contributed by atoms with E-state index >= 15 is 0 Å². The summed E-state index contributed by atoms with van der Waals surface area (Å²) in [6.07, 6.45) is 5.22. The smallest absolute Gasteiger partial charge is 0.224 e. The van der Waals surface area contributed by atoms with Gasteiger partial charge < -0.3 is 10.5 Å². The van der Waals surface area contributed by atoms with E-state index in [0.717, 1.165) is 5.56 Å². The van der Waals surface area contributed by atoms with E-state index in [-0.39, 0.29) is 6.04 Å². The molecule has 5 nitrogen and oxygen atoms in total. The summed E-state index contributed by atoms with van der Waals surface area (Å²) in [6, 6.07) is 3.95. The first-order chi connectivity index (χ1) is 8.58. The molecule has 0 radical (unpaired) electrons. The van der Waals surface area contributed by atoms with Crippen molar-refractivity contribution in [2.24, 2.45) is 5.73 Å². The Balaban J connectivity index is 2.23. The van der Waals surface area contributed by atoms with E-state index < -0.39 is 0 Å². The molecule has 0 aliphatic rings. The lowest BCUT2D eigenvalue weighted by atomic mass is 10.1. The minimum Gasteiger partial charge on any atom is -0.435 e. The maximum Gasteiger partial charge on any atom is 0.224 e. The zero-order valence-corrected chi connectivity index (χ0v) is 10.9. The molecule has 2 N–H and O–H groups in total. The molecule has 18 heavy (non-hydrogen) atoms. The molecule has 0 amide bonds. The van der Waals surface area contributed by atoms with E-state index in [0.29, 0.717) is 17.7 Å². The molecule has 0 spiro atoms. The summed E-state index contributed by atoms with van der Waals surface area (Å²) in [7, 11) is 0. The van der Waals surface area contributed by atoms with Gasteiger partial charge in [-0.05, 0) is 26.8 Å². The van der Waals surface area contributed by atoms with Crippen molar-refractivity contribution in [2.75, 3.05) is 0 Å². The molecule has 0 saturated carbocycles. The average molecular weight is 246 g/mol. The van der Waals surface area contributed by atoms with Crippen molar-refractivity contribution in [3.63, 3.8) is 0 Å². The van der Waals surface area contributed by atoms with Gasteiger partial charge in [-0.25, -0.2) is 4.98 Å². The van der Waals surface area contributed by atoms with E-state index in [1.165, 1.54) is 0 Å². The van der Waals surface area contributed by atoms with E-state index in [2.05, 4.69) is 23.9 Å². The van der Waals surface area contributed by atoms with Crippen LogP contribution >= 0.6 is 0 Å². The summed E-state index contributed by atoms with van der Waals surface area (Å²) in [5.74, 6) is 1.21. The van der Waals surface area contributed by atoms with Crippen LogP contribution in [0.25, 0.3) is 0 Å². The van der Waals surface area contributed by atoms with Gasteiger partial charge in [0.05, 0.1) is 12.4 Å². The summed E-state index contributed by atoms with van der Waals surface area (Å²) >= 11 is 0. The molecular weight excluding hydrogens is 228 g/mol. The molecule has 0 aromatic carbocycles. The van der Waals surface area contributed by atoms with Crippen molar-refractivity contribution in [1.82, 2.24) is 14.8 Å². The van der Waals surface area contributed by atoms with E-state index in [4.69, 9.17) is 10.5 Å². The first-order valence-electron chi connectivity index (χ1n) is 6.00. The normalized spacial score (nSPS) is 12.7. The molecule has 0 bridgehead atoms. The van der Waals surface area contributed by atoms with Gasteiger partial charge in [0.15, 0.2) is 5.75 Å². The van der Waals surface area contributed by atoms with E-state index in [1.54, 1.807) is 12.4 Å². The molecular formula is C13H18N4O. The largest absolute Gasteiger partial charge is 0.435 e. The fourth-order valence-corrected chi connectivity index (χ4v) is 1.60. The highest BCUT2D eigenvalue weighted by molar-refractivity contribution is 5.32. The van der Waals surface area contributed by atoms with Crippen LogP contribution in [0.3, 0.4) is 0 Å². The molecule has 2 aromatic rings. The Morgan fingerprint density at radius 2 is 2.11 bits per heavy atom. The summed E-state index contributed by atoms with van der Waals surface area (Å²) in [5, 5.41) is 4.22. The molecule has 1 atom stereocenters. The molecule has 2 aromatic heterocycles. The molecule has 2 rings (SSSR count). The highest BCUT2D eigenvalue weighted by Gasteiger charge is 2.11. The molecule has 0 aliphatic heterocycles. The van der Waals surface area contributed by atoms with Crippen LogP contribution in [0.4, 0.5) is 0 Å². The number of hydrogen-bond donors (Lipinski definition) is 1. The minimum atomic E-state index is -0.117. The van der Waals surface area contributed by atoms with Crippen molar-refractivity contribution in [3.8, 4) is 11.6 Å². The highest BCUT2D eigenvalue weighted by Crippen LogP contribution is 2.26. The standard InChI is InChI=1S/C13H18N4O/c1-9(2)17-8-11(7-16-17)18-13-12(10(3)14)5-4-6-15-13/h4-10H,14H2,1-3H3/t10-/m1/s1. The fourth-order valence-electron chi connectivity index (χ4n) is 1.60. The molecule has 0 aliphatic carbocycles. The zero-order valence-electron chi connectivity index (χ0n) is 10.9. The molecule has 0 saturated heterocycles. The third-order valence-electron chi connectivity index (χ3n) is 2.61. The number of nitrogens with two attached hydrogens (primary N) is 1. The quantitative estimate of drug-likeness (QED) is 0.900. The molecule has 0 unspecified atom stereocenters. The maximum atomic E-state index is 5.88. The number of hydrogen-bond acceptors (Lipinski definition) is 4. The second-order valence-corrected chi connectivity index (χ2v) is 4.54. The number of pyridine rings is 1. The average Bonchev–Trinajstić information content (AvgIpc) is 2.78. The van der Waals surface area contributed by atoms with Crippen molar-refractivity contribution in [1.29, 1.82) is 0 Å². The van der Waals surface area contributed by atoms with Crippen molar-refractivity contribution >= 4 is 0 Å². The Kier molecular flexibility index (Phi) is 3.62. The summed E-state index contributed by atoms with van der Waals surface area (Å²) in [4.78, 5) is 4.21. The summed E-state index contributed by atoms with van der Waals surface area (Å²) in [6.45, 7) is 6.03. The Labute approximate surface area is 107 Å². The molecule has 0 fully saturated rings. The van der Waals surface area contributed by atoms with Crippen LogP contribution in [0.1, 0.15) is 38.4 Å². The van der Waals surface area contributed by atoms with E-state index in [1.807, 2.05) is 29.9 Å². The van der Waals surface area contributed by atoms with Crippen LogP contribution in [-0.2, 0) is 0 Å². The number of nitrogens with zero attached hydrogens (tertiary/aromatic N) is 3. The second-order valence-electron chi connectivity index (χ2n) is 4.54. The molecule has 5 heteroatoms. The molecule has 96 valence electrons. The van der Waals surface area contributed by atoms with Crippen LogP contribution in [0.15, 0.2) is 30.7 Å². The van der Waals surface area contributed by atoms with E-state index in [9.17, 15) is 0 Å². The fraction of sp³-hybridized carbons (Fsp3) is 0.385. The van der Waals surface area contributed by atoms with Gasteiger partial charge in [-0.1, -0.05) is 6.07 Å². The predicted octanol–water partition coefficient (Wildman–Crippen LogP) is 2.67. The van der Waals surface area contributed by atoms with Crippen LogP contribution < -0.4 is 10.5 Å². The summed E-state index contributed by atoms with van der Waals surface area (Å²) in [5.41, 5.74) is 6.76. The van der Waals surface area contributed by atoms with Gasteiger partial charge in [-0.15, -0.1) is 0 Å². The van der Waals surface area contributed by atoms with Gasteiger partial charge in [0.25, 0.3) is 0 Å². The van der Waals surface area contributed by atoms with Crippen LogP contribution in [-0.4, -0.2) is 14.8 Å².